The normalized spacial score (nSPS) is 11.3. The molecule has 0 bridgehead atoms. The van der Waals surface area contributed by atoms with Crippen LogP contribution in [0, 0.1) is 5.82 Å². The second kappa shape index (κ2) is 6.10. The smallest absolute Gasteiger partial charge is 0.123 e. The number of nitrogens with one attached hydrogen (secondary N) is 2. The molecule has 0 amide bonds. The van der Waals surface area contributed by atoms with Gasteiger partial charge in [-0.25, -0.2) is 4.39 Å². The summed E-state index contributed by atoms with van der Waals surface area (Å²) in [5.41, 5.74) is 3.16. The molecule has 2 N–H and O–H groups in total. The maximum absolute atomic E-state index is 13.3. The second-order valence-corrected chi connectivity index (χ2v) is 5.09. The largest absolute Gasteiger partial charge is 0.361 e. The number of aromatic nitrogens is 3. The third kappa shape index (κ3) is 3.13. The third-order valence-electron chi connectivity index (χ3n) is 3.63. The summed E-state index contributed by atoms with van der Waals surface area (Å²) in [4.78, 5) is 3.17. The average molecular weight is 286 g/mol. The molecule has 0 atom stereocenters. The van der Waals surface area contributed by atoms with Gasteiger partial charge in [-0.2, -0.15) is 5.10 Å². The number of nitrogens with zero attached hydrogens (tertiary/aromatic N) is 2. The van der Waals surface area contributed by atoms with Crippen molar-refractivity contribution in [2.75, 3.05) is 6.54 Å². The van der Waals surface area contributed by atoms with E-state index in [0.29, 0.717) is 0 Å². The number of hydrogen-bond acceptors (Lipinski definition) is 2. The molecule has 0 unspecified atom stereocenters. The Morgan fingerprint density at radius 2 is 2.24 bits per heavy atom. The van der Waals surface area contributed by atoms with Crippen molar-refractivity contribution < 1.29 is 4.39 Å². The topological polar surface area (TPSA) is 45.6 Å². The second-order valence-electron chi connectivity index (χ2n) is 5.09. The first-order valence-corrected chi connectivity index (χ1v) is 7.25. The van der Waals surface area contributed by atoms with Gasteiger partial charge in [-0.1, -0.05) is 0 Å². The Labute approximate surface area is 123 Å². The lowest BCUT2D eigenvalue weighted by Crippen LogP contribution is -2.17. The van der Waals surface area contributed by atoms with Gasteiger partial charge in [0.1, 0.15) is 5.82 Å². The number of hydrogen-bond donors (Lipinski definition) is 2. The lowest BCUT2D eigenvalue weighted by Gasteiger charge is -2.02. The first kappa shape index (κ1) is 13.8. The van der Waals surface area contributed by atoms with Crippen LogP contribution in [-0.2, 0) is 19.5 Å². The van der Waals surface area contributed by atoms with Gasteiger partial charge in [0, 0.05) is 36.4 Å². The van der Waals surface area contributed by atoms with Gasteiger partial charge in [-0.05, 0) is 49.7 Å². The number of halogens is 1. The Hall–Kier alpha value is -2.14. The molecule has 0 aliphatic carbocycles. The van der Waals surface area contributed by atoms with Crippen LogP contribution >= 0.6 is 0 Å². The zero-order valence-corrected chi connectivity index (χ0v) is 12.1. The molecule has 2 heterocycles. The summed E-state index contributed by atoms with van der Waals surface area (Å²) in [6.07, 6.45) is 4.80. The molecule has 5 heteroatoms. The van der Waals surface area contributed by atoms with Crippen LogP contribution in [0.1, 0.15) is 18.2 Å². The van der Waals surface area contributed by atoms with E-state index in [1.54, 1.807) is 12.1 Å². The van der Waals surface area contributed by atoms with Gasteiger partial charge in [-0.3, -0.25) is 4.68 Å². The lowest BCUT2D eigenvalue weighted by molar-refractivity contribution is 0.620. The number of aromatic amines is 1. The summed E-state index contributed by atoms with van der Waals surface area (Å²) in [6, 6.07) is 6.87. The fraction of sp³-hybridized carbons (Fsp3) is 0.312. The number of aryl methyl sites for hydroxylation is 1. The monoisotopic (exact) mass is 286 g/mol. The zero-order chi connectivity index (χ0) is 14.7. The van der Waals surface area contributed by atoms with E-state index in [2.05, 4.69) is 22.3 Å². The predicted molar refractivity (Wildman–Crippen MR) is 81.6 cm³/mol. The molecule has 0 aliphatic heterocycles. The fourth-order valence-electron chi connectivity index (χ4n) is 2.47. The van der Waals surface area contributed by atoms with Gasteiger partial charge < -0.3 is 10.3 Å². The van der Waals surface area contributed by atoms with Crippen molar-refractivity contribution in [3.63, 3.8) is 0 Å². The van der Waals surface area contributed by atoms with Gasteiger partial charge in [0.05, 0.1) is 5.69 Å². The number of rotatable bonds is 6. The first-order chi connectivity index (χ1) is 10.3. The molecule has 4 nitrogen and oxygen atoms in total. The summed E-state index contributed by atoms with van der Waals surface area (Å²) in [6.45, 7) is 4.55. The van der Waals surface area contributed by atoms with Crippen molar-refractivity contribution in [3.05, 3.63) is 53.7 Å². The Kier molecular flexibility index (Phi) is 4.01. The minimum Gasteiger partial charge on any atom is -0.361 e. The molecule has 110 valence electrons. The van der Waals surface area contributed by atoms with Crippen LogP contribution in [0.4, 0.5) is 4.39 Å². The van der Waals surface area contributed by atoms with Crippen LogP contribution in [-0.4, -0.2) is 21.3 Å². The fourth-order valence-corrected chi connectivity index (χ4v) is 2.47. The van der Waals surface area contributed by atoms with Crippen molar-refractivity contribution in [2.24, 2.45) is 0 Å². The van der Waals surface area contributed by atoms with E-state index in [1.165, 1.54) is 6.07 Å². The van der Waals surface area contributed by atoms with Crippen LogP contribution in [0.2, 0.25) is 0 Å². The lowest BCUT2D eigenvalue weighted by atomic mass is 10.1. The molecule has 3 rings (SSSR count). The molecule has 3 aromatic rings. The highest BCUT2D eigenvalue weighted by atomic mass is 19.1. The molecule has 0 saturated heterocycles. The summed E-state index contributed by atoms with van der Waals surface area (Å²) in [7, 11) is 0. The Morgan fingerprint density at radius 3 is 3.05 bits per heavy atom. The molecule has 21 heavy (non-hydrogen) atoms. The highest BCUT2D eigenvalue weighted by Gasteiger charge is 2.05. The van der Waals surface area contributed by atoms with Crippen molar-refractivity contribution >= 4 is 10.9 Å². The zero-order valence-electron chi connectivity index (χ0n) is 12.1. The van der Waals surface area contributed by atoms with Crippen molar-refractivity contribution in [1.29, 1.82) is 0 Å². The number of H-pyrrole nitrogens is 1. The quantitative estimate of drug-likeness (QED) is 0.684. The van der Waals surface area contributed by atoms with Gasteiger partial charge in [0.15, 0.2) is 0 Å². The highest BCUT2D eigenvalue weighted by Crippen LogP contribution is 2.19. The third-order valence-corrected chi connectivity index (χ3v) is 3.63. The molecular formula is C16H19FN4. The van der Waals surface area contributed by atoms with Crippen molar-refractivity contribution in [1.82, 2.24) is 20.1 Å². The first-order valence-electron chi connectivity index (χ1n) is 7.25. The molecule has 0 spiro atoms. The van der Waals surface area contributed by atoms with E-state index >= 15 is 0 Å². The predicted octanol–water partition coefficient (Wildman–Crippen LogP) is 2.86. The minimum absolute atomic E-state index is 0.193. The molecule has 0 saturated carbocycles. The van der Waals surface area contributed by atoms with Crippen LogP contribution in [0.15, 0.2) is 36.7 Å². The molecule has 0 aliphatic rings. The summed E-state index contributed by atoms with van der Waals surface area (Å²) in [5.74, 6) is -0.193. The van der Waals surface area contributed by atoms with Crippen LogP contribution in [0.5, 0.6) is 0 Å². The van der Waals surface area contributed by atoms with E-state index in [0.717, 1.165) is 48.2 Å². The van der Waals surface area contributed by atoms with E-state index in [1.807, 2.05) is 23.1 Å². The SMILES string of the molecule is CCn1ccc(CNCCc2c[nH]c3ccc(F)cc23)n1. The Bertz CT molecular complexity index is 729. The maximum Gasteiger partial charge on any atom is 0.123 e. The molecule has 1 aromatic carbocycles. The van der Waals surface area contributed by atoms with Crippen LogP contribution in [0.25, 0.3) is 10.9 Å². The Balaban J connectivity index is 1.55. The molecular weight excluding hydrogens is 267 g/mol. The van der Waals surface area contributed by atoms with Gasteiger partial charge in [-0.15, -0.1) is 0 Å². The summed E-state index contributed by atoms with van der Waals surface area (Å²) in [5, 5.41) is 8.76. The van der Waals surface area contributed by atoms with Crippen molar-refractivity contribution in [2.45, 2.75) is 26.4 Å². The minimum atomic E-state index is -0.193. The van der Waals surface area contributed by atoms with Crippen LogP contribution in [0.3, 0.4) is 0 Å². The average Bonchev–Trinajstić information content (AvgIpc) is 3.10. The standard InChI is InChI=1S/C16H19FN4/c1-2-21-8-6-14(20-21)11-18-7-5-12-10-19-16-4-3-13(17)9-15(12)16/h3-4,6,8-10,18-19H,2,5,7,11H2,1H3. The van der Waals surface area contributed by atoms with Gasteiger partial charge in [0.25, 0.3) is 0 Å². The van der Waals surface area contributed by atoms with E-state index in [-0.39, 0.29) is 5.82 Å². The number of fused-ring (bicyclic) bond motifs is 1. The van der Waals surface area contributed by atoms with E-state index in [4.69, 9.17) is 0 Å². The van der Waals surface area contributed by atoms with E-state index < -0.39 is 0 Å². The molecule has 0 fully saturated rings. The van der Waals surface area contributed by atoms with Crippen LogP contribution < -0.4 is 5.32 Å². The molecule has 2 aromatic heterocycles. The molecule has 0 radical (unpaired) electrons. The van der Waals surface area contributed by atoms with Gasteiger partial charge in [0.2, 0.25) is 0 Å². The Morgan fingerprint density at radius 1 is 1.33 bits per heavy atom. The van der Waals surface area contributed by atoms with Gasteiger partial charge >= 0.3 is 0 Å². The highest BCUT2D eigenvalue weighted by molar-refractivity contribution is 5.83. The van der Waals surface area contributed by atoms with E-state index in [9.17, 15) is 4.39 Å². The number of benzene rings is 1. The van der Waals surface area contributed by atoms with Crippen molar-refractivity contribution in [3.8, 4) is 0 Å². The summed E-state index contributed by atoms with van der Waals surface area (Å²) < 4.78 is 15.2. The summed E-state index contributed by atoms with van der Waals surface area (Å²) >= 11 is 0. The maximum atomic E-state index is 13.3.